The first-order valence-corrected chi connectivity index (χ1v) is 25.7. The molecular formula is C47H89O12P. The third kappa shape index (κ3) is 30.0. The molecule has 0 aliphatic heterocycles. The molecule has 0 bridgehead atoms. The maximum absolute atomic E-state index is 12.8. The van der Waals surface area contributed by atoms with Gasteiger partial charge in [-0.2, -0.15) is 0 Å². The topological polar surface area (TPSA) is 192 Å². The summed E-state index contributed by atoms with van der Waals surface area (Å²) in [5.74, 6) is -0.479. The number of rotatable bonds is 41. The maximum atomic E-state index is 12.8. The van der Waals surface area contributed by atoms with Gasteiger partial charge in [0.15, 0.2) is 0 Å². The van der Waals surface area contributed by atoms with E-state index in [-0.39, 0.29) is 13.0 Å². The number of ether oxygens (including phenoxy) is 2. The number of allylic oxidation sites excluding steroid dienone is 4. The molecule has 0 amide bonds. The molecule has 0 heterocycles. The maximum Gasteiger partial charge on any atom is 0.472 e. The lowest BCUT2D eigenvalue weighted by Gasteiger charge is -2.41. The molecule has 1 rings (SSSR count). The van der Waals surface area contributed by atoms with Crippen LogP contribution in [0.25, 0.3) is 0 Å². The Labute approximate surface area is 364 Å². The van der Waals surface area contributed by atoms with Crippen molar-refractivity contribution in [3.8, 4) is 0 Å². The first kappa shape index (κ1) is 56.8. The van der Waals surface area contributed by atoms with Gasteiger partial charge >= 0.3 is 13.8 Å². The number of phosphoric acid groups is 1. The minimum atomic E-state index is -5.02. The van der Waals surface area contributed by atoms with Crippen LogP contribution in [0.4, 0.5) is 0 Å². The SMILES string of the molecule is CCCCC/C=C\C/C=C\CCCCCCCCCCCC(=O)OC(COCCCCCCCCCCCCCCCC)COP(=O)(O)OC1C(O)C(O)C(O)C(O)C1O. The van der Waals surface area contributed by atoms with E-state index >= 15 is 0 Å². The number of aliphatic hydroxyl groups excluding tert-OH is 5. The summed E-state index contributed by atoms with van der Waals surface area (Å²) in [4.78, 5) is 23.2. The predicted molar refractivity (Wildman–Crippen MR) is 240 cm³/mol. The van der Waals surface area contributed by atoms with Gasteiger partial charge < -0.3 is 39.9 Å². The lowest BCUT2D eigenvalue weighted by Crippen LogP contribution is -2.64. The van der Waals surface area contributed by atoms with E-state index in [0.29, 0.717) is 13.0 Å². The third-order valence-corrected chi connectivity index (χ3v) is 12.3. The second kappa shape index (κ2) is 38.3. The van der Waals surface area contributed by atoms with Gasteiger partial charge in [-0.15, -0.1) is 0 Å². The van der Waals surface area contributed by atoms with E-state index in [2.05, 4.69) is 38.2 Å². The lowest BCUT2D eigenvalue weighted by molar-refractivity contribution is -0.220. The molecule has 0 aromatic rings. The predicted octanol–water partition coefficient (Wildman–Crippen LogP) is 10.1. The highest BCUT2D eigenvalue weighted by Crippen LogP contribution is 2.47. The van der Waals surface area contributed by atoms with Crippen LogP contribution in [0.15, 0.2) is 24.3 Å². The van der Waals surface area contributed by atoms with Gasteiger partial charge in [-0.3, -0.25) is 13.8 Å². The van der Waals surface area contributed by atoms with Crippen molar-refractivity contribution in [2.45, 2.75) is 249 Å². The fourth-order valence-electron chi connectivity index (χ4n) is 7.45. The summed E-state index contributed by atoms with van der Waals surface area (Å²) in [6, 6.07) is 0. The Hall–Kier alpha value is -1.18. The summed E-state index contributed by atoms with van der Waals surface area (Å²) in [7, 11) is -5.02. The quantitative estimate of drug-likeness (QED) is 0.0148. The highest BCUT2D eigenvalue weighted by Gasteiger charge is 2.51. The van der Waals surface area contributed by atoms with Crippen LogP contribution >= 0.6 is 7.82 Å². The number of aliphatic hydroxyl groups is 5. The number of unbranched alkanes of at least 4 members (excludes halogenated alkanes) is 25. The van der Waals surface area contributed by atoms with Crippen molar-refractivity contribution in [2.24, 2.45) is 0 Å². The van der Waals surface area contributed by atoms with Gasteiger partial charge in [-0.1, -0.05) is 179 Å². The van der Waals surface area contributed by atoms with Crippen LogP contribution in [0.3, 0.4) is 0 Å². The van der Waals surface area contributed by atoms with Crippen LogP contribution in [0, 0.1) is 0 Å². The lowest BCUT2D eigenvalue weighted by atomic mass is 9.85. The standard InChI is InChI=1S/C47H89O12P/c1-3-5-7-9-11-13-15-17-19-20-21-22-23-24-26-28-30-32-34-36-41(48)58-40(38-56-37-35-33-31-29-27-25-18-16-14-12-10-8-6-4-2)39-57-60(54,55)59-47-45(52)43(50)42(49)44(51)46(47)53/h11,13,17,19,40,42-47,49-53H,3-10,12,14-16,18,20-39H2,1-2H3,(H,54,55)/b13-11-,19-17-. The molecule has 6 N–H and O–H groups in total. The van der Waals surface area contributed by atoms with Crippen LogP contribution in [0.1, 0.15) is 206 Å². The zero-order valence-corrected chi connectivity index (χ0v) is 38.7. The Morgan fingerprint density at radius 1 is 0.533 bits per heavy atom. The molecule has 0 saturated heterocycles. The zero-order chi connectivity index (χ0) is 44.1. The molecule has 13 heteroatoms. The third-order valence-electron chi connectivity index (χ3n) is 11.3. The van der Waals surface area contributed by atoms with Gasteiger partial charge in [-0.05, 0) is 44.9 Å². The van der Waals surface area contributed by atoms with Crippen LogP contribution in [-0.2, 0) is 27.9 Å². The van der Waals surface area contributed by atoms with Crippen LogP contribution in [-0.4, -0.2) is 98.9 Å². The number of hydrogen-bond acceptors (Lipinski definition) is 11. The smallest absolute Gasteiger partial charge is 0.457 e. The van der Waals surface area contributed by atoms with E-state index in [4.69, 9.17) is 18.5 Å². The molecule has 0 aromatic heterocycles. The van der Waals surface area contributed by atoms with E-state index in [9.17, 15) is 39.8 Å². The average Bonchev–Trinajstić information content (AvgIpc) is 3.23. The summed E-state index contributed by atoms with van der Waals surface area (Å²) in [6.07, 6.45) is 30.9. The van der Waals surface area contributed by atoms with Crippen LogP contribution in [0.2, 0.25) is 0 Å². The minimum Gasteiger partial charge on any atom is -0.457 e. The van der Waals surface area contributed by atoms with E-state index in [1.807, 2.05) is 0 Å². The summed E-state index contributed by atoms with van der Waals surface area (Å²) in [5, 5.41) is 50.2. The van der Waals surface area contributed by atoms with Gasteiger partial charge in [0.25, 0.3) is 0 Å². The number of phosphoric ester groups is 1. The molecule has 1 aliphatic rings. The molecule has 1 aliphatic carbocycles. The average molecular weight is 877 g/mol. The molecule has 1 fully saturated rings. The van der Waals surface area contributed by atoms with Crippen LogP contribution in [0.5, 0.6) is 0 Å². The van der Waals surface area contributed by atoms with E-state index < -0.39 is 63.1 Å². The Kier molecular flexibility index (Phi) is 36.3. The highest BCUT2D eigenvalue weighted by molar-refractivity contribution is 7.47. The molecule has 354 valence electrons. The van der Waals surface area contributed by atoms with Crippen LogP contribution < -0.4 is 0 Å². The van der Waals surface area contributed by atoms with E-state index in [1.54, 1.807) is 0 Å². The summed E-state index contributed by atoms with van der Waals surface area (Å²) < 4.78 is 34.2. The van der Waals surface area contributed by atoms with Crippen molar-refractivity contribution in [2.75, 3.05) is 19.8 Å². The molecule has 0 radical (unpaired) electrons. The molecule has 12 nitrogen and oxygen atoms in total. The molecule has 6 atom stereocenters. The second-order valence-electron chi connectivity index (χ2n) is 17.0. The monoisotopic (exact) mass is 877 g/mol. The Balaban J connectivity index is 2.36. The van der Waals surface area contributed by atoms with Gasteiger partial charge in [-0.25, -0.2) is 4.57 Å². The van der Waals surface area contributed by atoms with Gasteiger partial charge in [0.1, 0.15) is 42.7 Å². The molecule has 0 spiro atoms. The Morgan fingerprint density at radius 2 is 0.933 bits per heavy atom. The fourth-order valence-corrected chi connectivity index (χ4v) is 8.42. The van der Waals surface area contributed by atoms with E-state index in [0.717, 1.165) is 51.4 Å². The summed E-state index contributed by atoms with van der Waals surface area (Å²) in [6.45, 7) is 4.25. The molecule has 60 heavy (non-hydrogen) atoms. The molecule has 6 unspecified atom stereocenters. The summed E-state index contributed by atoms with van der Waals surface area (Å²) >= 11 is 0. The fraction of sp³-hybridized carbons (Fsp3) is 0.894. The first-order valence-electron chi connectivity index (χ1n) is 24.2. The Morgan fingerprint density at radius 3 is 1.43 bits per heavy atom. The van der Waals surface area contributed by atoms with Crippen molar-refractivity contribution in [1.29, 1.82) is 0 Å². The van der Waals surface area contributed by atoms with Gasteiger partial charge in [0, 0.05) is 13.0 Å². The van der Waals surface area contributed by atoms with Crippen molar-refractivity contribution in [3.05, 3.63) is 24.3 Å². The van der Waals surface area contributed by atoms with E-state index in [1.165, 1.54) is 128 Å². The number of carbonyl (C=O) groups is 1. The van der Waals surface area contributed by atoms with Crippen molar-refractivity contribution >= 4 is 13.8 Å². The molecular weight excluding hydrogens is 787 g/mol. The molecule has 0 aromatic carbocycles. The number of carbonyl (C=O) groups excluding carboxylic acids is 1. The van der Waals surface area contributed by atoms with Crippen molar-refractivity contribution in [3.63, 3.8) is 0 Å². The zero-order valence-electron chi connectivity index (χ0n) is 37.8. The second-order valence-corrected chi connectivity index (χ2v) is 18.4. The first-order chi connectivity index (χ1) is 29.0. The normalized spacial score (nSPS) is 22.5. The van der Waals surface area contributed by atoms with Gasteiger partial charge in [0.2, 0.25) is 0 Å². The Bertz CT molecular complexity index is 1090. The van der Waals surface area contributed by atoms with Gasteiger partial charge in [0.05, 0.1) is 13.2 Å². The van der Waals surface area contributed by atoms with Crippen molar-refractivity contribution in [1.82, 2.24) is 0 Å². The summed E-state index contributed by atoms with van der Waals surface area (Å²) in [5.41, 5.74) is 0. The largest absolute Gasteiger partial charge is 0.472 e. The molecule has 1 saturated carbocycles. The number of hydrogen-bond donors (Lipinski definition) is 6. The minimum absolute atomic E-state index is 0.0741. The number of esters is 1. The highest BCUT2D eigenvalue weighted by atomic mass is 31.2. The van der Waals surface area contributed by atoms with Crippen molar-refractivity contribution < 1.29 is 58.3 Å².